The SMILES string of the molecule is NC1(C(=O)Nc2ccc(Nc3ccccc3)nc2)CCCC1. The molecule has 0 saturated heterocycles. The van der Waals surface area contributed by atoms with E-state index in [-0.39, 0.29) is 5.91 Å². The Balaban J connectivity index is 1.63. The van der Waals surface area contributed by atoms with E-state index in [1.165, 1.54) is 0 Å². The summed E-state index contributed by atoms with van der Waals surface area (Å²) in [6.45, 7) is 0. The molecule has 0 spiro atoms. The van der Waals surface area contributed by atoms with Crippen LogP contribution in [-0.4, -0.2) is 16.4 Å². The summed E-state index contributed by atoms with van der Waals surface area (Å²) in [5, 5.41) is 6.06. The first kappa shape index (κ1) is 14.5. The van der Waals surface area contributed by atoms with Gasteiger partial charge in [0.05, 0.1) is 17.4 Å². The van der Waals surface area contributed by atoms with Gasteiger partial charge in [0.25, 0.3) is 0 Å². The first-order valence-corrected chi connectivity index (χ1v) is 7.54. The van der Waals surface area contributed by atoms with E-state index in [0.717, 1.165) is 37.2 Å². The number of pyridine rings is 1. The minimum atomic E-state index is -0.721. The summed E-state index contributed by atoms with van der Waals surface area (Å²) in [4.78, 5) is 16.5. The lowest BCUT2D eigenvalue weighted by Gasteiger charge is -2.22. The Morgan fingerprint density at radius 1 is 1.05 bits per heavy atom. The van der Waals surface area contributed by atoms with Gasteiger partial charge in [-0.3, -0.25) is 4.79 Å². The Kier molecular flexibility index (Phi) is 4.06. The highest BCUT2D eigenvalue weighted by molar-refractivity contribution is 5.98. The largest absolute Gasteiger partial charge is 0.340 e. The number of para-hydroxylation sites is 1. The number of nitrogens with zero attached hydrogens (tertiary/aromatic N) is 1. The van der Waals surface area contributed by atoms with Gasteiger partial charge in [0.1, 0.15) is 5.82 Å². The van der Waals surface area contributed by atoms with Crippen molar-refractivity contribution in [3.8, 4) is 0 Å². The van der Waals surface area contributed by atoms with Crippen LogP contribution in [0.15, 0.2) is 48.7 Å². The van der Waals surface area contributed by atoms with Crippen molar-refractivity contribution in [2.45, 2.75) is 31.2 Å². The van der Waals surface area contributed by atoms with Gasteiger partial charge >= 0.3 is 0 Å². The zero-order valence-electron chi connectivity index (χ0n) is 12.4. The summed E-state index contributed by atoms with van der Waals surface area (Å²) in [6.07, 6.45) is 5.17. The molecule has 1 aromatic carbocycles. The van der Waals surface area contributed by atoms with Gasteiger partial charge in [-0.1, -0.05) is 31.0 Å². The van der Waals surface area contributed by atoms with Crippen LogP contribution in [0.25, 0.3) is 0 Å². The second-order valence-electron chi connectivity index (χ2n) is 5.74. The molecule has 0 aliphatic heterocycles. The van der Waals surface area contributed by atoms with E-state index in [1.54, 1.807) is 6.20 Å². The van der Waals surface area contributed by atoms with E-state index in [1.807, 2.05) is 42.5 Å². The van der Waals surface area contributed by atoms with Crippen LogP contribution in [0.4, 0.5) is 17.2 Å². The predicted octanol–water partition coefficient (Wildman–Crippen LogP) is 3.04. The number of carbonyl (C=O) groups excluding carboxylic acids is 1. The van der Waals surface area contributed by atoms with Gasteiger partial charge in [-0.15, -0.1) is 0 Å². The fraction of sp³-hybridized carbons (Fsp3) is 0.294. The maximum absolute atomic E-state index is 12.2. The van der Waals surface area contributed by atoms with E-state index in [4.69, 9.17) is 5.73 Å². The third-order valence-corrected chi connectivity index (χ3v) is 4.02. The van der Waals surface area contributed by atoms with Gasteiger partial charge < -0.3 is 16.4 Å². The molecule has 1 saturated carbocycles. The Bertz CT molecular complexity index is 633. The Labute approximate surface area is 129 Å². The molecule has 3 rings (SSSR count). The Morgan fingerprint density at radius 2 is 1.77 bits per heavy atom. The zero-order valence-corrected chi connectivity index (χ0v) is 12.4. The van der Waals surface area contributed by atoms with Gasteiger partial charge in [0.15, 0.2) is 0 Å². The monoisotopic (exact) mass is 296 g/mol. The maximum atomic E-state index is 12.2. The highest BCUT2D eigenvalue weighted by Gasteiger charge is 2.36. The predicted molar refractivity (Wildman–Crippen MR) is 88.0 cm³/mol. The van der Waals surface area contributed by atoms with E-state index in [0.29, 0.717) is 5.69 Å². The summed E-state index contributed by atoms with van der Waals surface area (Å²) >= 11 is 0. The molecule has 2 aromatic rings. The van der Waals surface area contributed by atoms with Crippen LogP contribution in [-0.2, 0) is 4.79 Å². The van der Waals surface area contributed by atoms with E-state index < -0.39 is 5.54 Å². The van der Waals surface area contributed by atoms with Gasteiger partial charge in [-0.25, -0.2) is 4.98 Å². The maximum Gasteiger partial charge on any atom is 0.244 e. The second-order valence-corrected chi connectivity index (χ2v) is 5.74. The number of carbonyl (C=O) groups is 1. The minimum Gasteiger partial charge on any atom is -0.340 e. The van der Waals surface area contributed by atoms with Crippen molar-refractivity contribution in [1.29, 1.82) is 0 Å². The van der Waals surface area contributed by atoms with E-state index in [2.05, 4.69) is 15.6 Å². The van der Waals surface area contributed by atoms with E-state index >= 15 is 0 Å². The van der Waals surface area contributed by atoms with Crippen LogP contribution in [0.3, 0.4) is 0 Å². The second kappa shape index (κ2) is 6.15. The number of nitrogens with two attached hydrogens (primary N) is 1. The summed E-state index contributed by atoms with van der Waals surface area (Å²) in [7, 11) is 0. The van der Waals surface area contributed by atoms with Crippen molar-refractivity contribution in [3.05, 3.63) is 48.7 Å². The van der Waals surface area contributed by atoms with Crippen molar-refractivity contribution < 1.29 is 4.79 Å². The normalized spacial score (nSPS) is 16.2. The molecule has 0 bridgehead atoms. The standard InChI is InChI=1S/C17H20N4O/c18-17(10-4-5-11-17)16(22)21-14-8-9-15(19-12-14)20-13-6-2-1-3-7-13/h1-3,6-9,12H,4-5,10-11,18H2,(H,19,20)(H,21,22). The van der Waals surface area contributed by atoms with Crippen molar-refractivity contribution in [3.63, 3.8) is 0 Å². The fourth-order valence-electron chi connectivity index (χ4n) is 2.70. The first-order chi connectivity index (χ1) is 10.7. The van der Waals surface area contributed by atoms with Gasteiger partial charge in [0.2, 0.25) is 5.91 Å². The van der Waals surface area contributed by atoms with Crippen molar-refractivity contribution in [1.82, 2.24) is 4.98 Å². The molecule has 1 aliphatic rings. The Hall–Kier alpha value is -2.40. The number of rotatable bonds is 4. The number of benzene rings is 1. The zero-order chi connectivity index (χ0) is 15.4. The molecule has 1 amide bonds. The topological polar surface area (TPSA) is 80.0 Å². The van der Waals surface area contributed by atoms with E-state index in [9.17, 15) is 4.79 Å². The molecule has 22 heavy (non-hydrogen) atoms. The summed E-state index contributed by atoms with van der Waals surface area (Å²) in [5.74, 6) is 0.614. The molecule has 0 radical (unpaired) electrons. The molecule has 1 aliphatic carbocycles. The number of anilines is 3. The number of nitrogens with one attached hydrogen (secondary N) is 2. The molecule has 1 aromatic heterocycles. The number of amides is 1. The Morgan fingerprint density at radius 3 is 2.41 bits per heavy atom. The van der Waals surface area contributed by atoms with Crippen molar-refractivity contribution in [2.24, 2.45) is 5.73 Å². The highest BCUT2D eigenvalue weighted by atomic mass is 16.2. The molecule has 4 N–H and O–H groups in total. The first-order valence-electron chi connectivity index (χ1n) is 7.54. The number of aromatic nitrogens is 1. The van der Waals surface area contributed by atoms with Crippen LogP contribution in [0.2, 0.25) is 0 Å². The lowest BCUT2D eigenvalue weighted by molar-refractivity contribution is -0.121. The highest BCUT2D eigenvalue weighted by Crippen LogP contribution is 2.28. The molecule has 0 unspecified atom stereocenters. The molecular formula is C17H20N4O. The fourth-order valence-corrected chi connectivity index (χ4v) is 2.70. The molecule has 114 valence electrons. The summed E-state index contributed by atoms with van der Waals surface area (Å²) < 4.78 is 0. The van der Waals surface area contributed by atoms with Crippen LogP contribution >= 0.6 is 0 Å². The average molecular weight is 296 g/mol. The molecule has 5 heteroatoms. The molecule has 0 atom stereocenters. The number of hydrogen-bond donors (Lipinski definition) is 3. The lowest BCUT2D eigenvalue weighted by Crippen LogP contribution is -2.48. The van der Waals surface area contributed by atoms with Crippen LogP contribution in [0.5, 0.6) is 0 Å². The molecule has 5 nitrogen and oxygen atoms in total. The van der Waals surface area contributed by atoms with Crippen LogP contribution in [0, 0.1) is 0 Å². The van der Waals surface area contributed by atoms with Crippen LogP contribution < -0.4 is 16.4 Å². The average Bonchev–Trinajstić information content (AvgIpc) is 2.98. The third-order valence-electron chi connectivity index (χ3n) is 4.02. The lowest BCUT2D eigenvalue weighted by atomic mass is 9.98. The minimum absolute atomic E-state index is 0.115. The quantitative estimate of drug-likeness (QED) is 0.810. The van der Waals surface area contributed by atoms with Crippen LogP contribution in [0.1, 0.15) is 25.7 Å². The molecular weight excluding hydrogens is 276 g/mol. The van der Waals surface area contributed by atoms with Gasteiger partial charge in [0, 0.05) is 5.69 Å². The summed E-state index contributed by atoms with van der Waals surface area (Å²) in [6, 6.07) is 13.5. The van der Waals surface area contributed by atoms with Crippen molar-refractivity contribution >= 4 is 23.1 Å². The summed E-state index contributed by atoms with van der Waals surface area (Å²) in [5.41, 5.74) is 7.05. The number of hydrogen-bond acceptors (Lipinski definition) is 4. The van der Waals surface area contributed by atoms with Gasteiger partial charge in [-0.2, -0.15) is 0 Å². The van der Waals surface area contributed by atoms with Crippen molar-refractivity contribution in [2.75, 3.05) is 10.6 Å². The third kappa shape index (κ3) is 3.26. The van der Waals surface area contributed by atoms with Gasteiger partial charge in [-0.05, 0) is 37.1 Å². The molecule has 1 fully saturated rings. The molecule has 1 heterocycles. The smallest absolute Gasteiger partial charge is 0.244 e.